The topological polar surface area (TPSA) is 231 Å². The molecular weight excluding hydrogens is 482 g/mol. The van der Waals surface area contributed by atoms with E-state index in [0.29, 0.717) is 12.2 Å². The summed E-state index contributed by atoms with van der Waals surface area (Å²) in [5.74, 6) is -5.20. The van der Waals surface area contributed by atoms with Gasteiger partial charge in [0.25, 0.3) is 0 Å². The predicted octanol–water partition coefficient (Wildman–Crippen LogP) is -1.22. The Hall–Kier alpha value is -2.87. The molecule has 4 amide bonds. The number of carboxylic acids is 2. The summed E-state index contributed by atoms with van der Waals surface area (Å²) in [6, 6.07) is -4.67. The highest BCUT2D eigenvalue weighted by atomic mass is 32.2. The molecule has 0 bridgehead atoms. The van der Waals surface area contributed by atoms with Crippen molar-refractivity contribution in [1.82, 2.24) is 16.0 Å². The van der Waals surface area contributed by atoms with Crippen molar-refractivity contribution >= 4 is 47.3 Å². The van der Waals surface area contributed by atoms with Gasteiger partial charge >= 0.3 is 11.9 Å². The lowest BCUT2D eigenvalue weighted by Gasteiger charge is -2.28. The average molecular weight is 520 g/mol. The van der Waals surface area contributed by atoms with E-state index < -0.39 is 66.2 Å². The fourth-order valence-electron chi connectivity index (χ4n) is 2.95. The van der Waals surface area contributed by atoms with E-state index in [4.69, 9.17) is 16.6 Å². The van der Waals surface area contributed by atoms with E-state index in [2.05, 4.69) is 16.0 Å². The minimum atomic E-state index is -1.44. The quantitative estimate of drug-likeness (QED) is 0.114. The molecule has 9 N–H and O–H groups in total. The molecule has 0 saturated carbocycles. The molecule has 13 nitrogen and oxygen atoms in total. The molecule has 0 radical (unpaired) electrons. The van der Waals surface area contributed by atoms with Gasteiger partial charge < -0.3 is 37.6 Å². The molecule has 0 aromatic rings. The zero-order valence-corrected chi connectivity index (χ0v) is 21.1. The van der Waals surface area contributed by atoms with Crippen molar-refractivity contribution < 1.29 is 39.0 Å². The molecule has 0 aromatic carbocycles. The number of rotatable bonds is 18. The minimum Gasteiger partial charge on any atom is -0.481 e. The number of thioether (sulfide) groups is 1. The number of carbonyl (C=O) groups excluding carboxylic acids is 4. The van der Waals surface area contributed by atoms with Gasteiger partial charge in [-0.1, -0.05) is 20.3 Å². The summed E-state index contributed by atoms with van der Waals surface area (Å²) in [4.78, 5) is 71.5. The Labute approximate surface area is 208 Å². The lowest BCUT2D eigenvalue weighted by Crippen LogP contribution is -2.58. The monoisotopic (exact) mass is 519 g/mol. The Morgan fingerprint density at radius 2 is 1.46 bits per heavy atom. The maximum Gasteiger partial charge on any atom is 0.326 e. The Morgan fingerprint density at radius 1 is 0.857 bits per heavy atom. The molecule has 5 atom stereocenters. The van der Waals surface area contributed by atoms with E-state index in [1.54, 1.807) is 13.2 Å². The van der Waals surface area contributed by atoms with Gasteiger partial charge in [0.05, 0.1) is 6.04 Å². The SMILES string of the molecule is CCC(C)C(NC(=O)C(N)CCC(N)=O)C(=O)NC(CCSC)C(=O)NC(CCC(=O)O)C(=O)O. The summed E-state index contributed by atoms with van der Waals surface area (Å²) in [5.41, 5.74) is 10.9. The predicted molar refractivity (Wildman–Crippen MR) is 129 cm³/mol. The van der Waals surface area contributed by atoms with Crippen LogP contribution in [0.2, 0.25) is 0 Å². The maximum absolute atomic E-state index is 13.1. The Kier molecular flexibility index (Phi) is 15.3. The lowest BCUT2D eigenvalue weighted by atomic mass is 9.97. The number of carboxylic acid groups (broad SMARTS) is 2. The first-order valence-corrected chi connectivity index (χ1v) is 12.6. The second-order valence-corrected chi connectivity index (χ2v) is 9.14. The highest BCUT2D eigenvalue weighted by Gasteiger charge is 2.32. The summed E-state index contributed by atoms with van der Waals surface area (Å²) >= 11 is 1.41. The standard InChI is InChI=1S/C21H37N5O8S/c1-4-11(2)17(26-18(30)12(22)5-7-15(23)27)20(32)24-13(9-10-35-3)19(31)25-14(21(33)34)6-8-16(28)29/h11-14,17H,4-10,22H2,1-3H3,(H2,23,27)(H,24,32)(H,25,31)(H,26,30)(H,28,29)(H,33,34). The van der Waals surface area contributed by atoms with Gasteiger partial charge in [0, 0.05) is 12.8 Å². The first-order valence-electron chi connectivity index (χ1n) is 11.2. The maximum atomic E-state index is 13.1. The molecule has 14 heteroatoms. The van der Waals surface area contributed by atoms with Crippen molar-refractivity contribution in [2.45, 2.75) is 76.5 Å². The highest BCUT2D eigenvalue weighted by molar-refractivity contribution is 7.98. The third kappa shape index (κ3) is 13.0. The van der Waals surface area contributed by atoms with Gasteiger partial charge in [-0.2, -0.15) is 11.8 Å². The number of nitrogens with two attached hydrogens (primary N) is 2. The summed E-state index contributed by atoms with van der Waals surface area (Å²) < 4.78 is 0. The third-order valence-corrected chi connectivity index (χ3v) is 5.98. The average Bonchev–Trinajstić information content (AvgIpc) is 2.79. The van der Waals surface area contributed by atoms with Gasteiger partial charge in [0.15, 0.2) is 0 Å². The van der Waals surface area contributed by atoms with Crippen LogP contribution < -0.4 is 27.4 Å². The molecule has 200 valence electrons. The summed E-state index contributed by atoms with van der Waals surface area (Å²) in [5, 5.41) is 25.5. The van der Waals surface area contributed by atoms with Crippen LogP contribution in [0.15, 0.2) is 0 Å². The van der Waals surface area contributed by atoms with Crippen molar-refractivity contribution in [1.29, 1.82) is 0 Å². The van der Waals surface area contributed by atoms with Crippen LogP contribution in [-0.4, -0.2) is 82.0 Å². The number of carbonyl (C=O) groups is 6. The van der Waals surface area contributed by atoms with Crippen LogP contribution in [0.1, 0.15) is 52.4 Å². The van der Waals surface area contributed by atoms with Gasteiger partial charge in [0.2, 0.25) is 23.6 Å². The number of amides is 4. The molecule has 0 aromatic heterocycles. The number of nitrogens with one attached hydrogen (secondary N) is 3. The number of aliphatic carboxylic acids is 2. The van der Waals surface area contributed by atoms with Crippen molar-refractivity contribution in [3.8, 4) is 0 Å². The van der Waals surface area contributed by atoms with Crippen molar-refractivity contribution in [3.63, 3.8) is 0 Å². The first kappa shape index (κ1) is 32.1. The normalized spacial score (nSPS) is 15.1. The van der Waals surface area contributed by atoms with Gasteiger partial charge in [-0.25, -0.2) is 4.79 Å². The molecule has 5 unspecified atom stereocenters. The molecule has 0 fully saturated rings. The van der Waals surface area contributed by atoms with Crippen LogP contribution in [0.4, 0.5) is 0 Å². The molecular formula is C21H37N5O8S. The molecule has 35 heavy (non-hydrogen) atoms. The van der Waals surface area contributed by atoms with Gasteiger partial charge in [-0.3, -0.25) is 24.0 Å². The number of hydrogen-bond donors (Lipinski definition) is 7. The molecule has 0 heterocycles. The fraction of sp³-hybridized carbons (Fsp3) is 0.714. The smallest absolute Gasteiger partial charge is 0.326 e. The largest absolute Gasteiger partial charge is 0.481 e. The van der Waals surface area contributed by atoms with E-state index in [9.17, 15) is 33.9 Å². The zero-order valence-electron chi connectivity index (χ0n) is 20.2. The van der Waals surface area contributed by atoms with Crippen molar-refractivity contribution in [2.24, 2.45) is 17.4 Å². The number of primary amides is 1. The van der Waals surface area contributed by atoms with E-state index in [1.807, 2.05) is 6.92 Å². The summed E-state index contributed by atoms with van der Waals surface area (Å²) in [6.45, 7) is 3.53. The molecule has 0 saturated heterocycles. The van der Waals surface area contributed by atoms with E-state index in [-0.39, 0.29) is 31.6 Å². The molecule has 0 rings (SSSR count). The van der Waals surface area contributed by atoms with Gasteiger partial charge in [-0.05, 0) is 37.2 Å². The molecule has 0 aliphatic carbocycles. The third-order valence-electron chi connectivity index (χ3n) is 5.34. The first-order chi connectivity index (χ1) is 16.3. The van der Waals surface area contributed by atoms with E-state index >= 15 is 0 Å². The molecule has 0 spiro atoms. The number of hydrogen-bond acceptors (Lipinski definition) is 8. The van der Waals surface area contributed by atoms with Gasteiger partial charge in [0.1, 0.15) is 18.1 Å². The lowest BCUT2D eigenvalue weighted by molar-refractivity contribution is -0.143. The van der Waals surface area contributed by atoms with E-state index in [0.717, 1.165) is 0 Å². The van der Waals surface area contributed by atoms with Crippen LogP contribution in [0, 0.1) is 5.92 Å². The van der Waals surface area contributed by atoms with Crippen LogP contribution >= 0.6 is 11.8 Å². The summed E-state index contributed by atoms with van der Waals surface area (Å²) in [7, 11) is 0. The van der Waals surface area contributed by atoms with Crippen LogP contribution in [0.25, 0.3) is 0 Å². The Bertz CT molecular complexity index is 766. The van der Waals surface area contributed by atoms with Crippen molar-refractivity contribution in [2.75, 3.05) is 12.0 Å². The minimum absolute atomic E-state index is 0.00167. The van der Waals surface area contributed by atoms with E-state index in [1.165, 1.54) is 11.8 Å². The molecule has 0 aliphatic rings. The van der Waals surface area contributed by atoms with Gasteiger partial charge in [-0.15, -0.1) is 0 Å². The Morgan fingerprint density at radius 3 is 1.94 bits per heavy atom. The van der Waals surface area contributed by atoms with Crippen LogP contribution in [0.5, 0.6) is 0 Å². The Balaban J connectivity index is 5.49. The highest BCUT2D eigenvalue weighted by Crippen LogP contribution is 2.11. The zero-order chi connectivity index (χ0) is 27.1. The molecule has 0 aliphatic heterocycles. The van der Waals surface area contributed by atoms with Crippen LogP contribution in [-0.2, 0) is 28.8 Å². The second kappa shape index (κ2) is 16.7. The summed E-state index contributed by atoms with van der Waals surface area (Å²) in [6.07, 6.45) is 1.58. The van der Waals surface area contributed by atoms with Crippen LogP contribution in [0.3, 0.4) is 0 Å². The fourth-order valence-corrected chi connectivity index (χ4v) is 3.43. The van der Waals surface area contributed by atoms with Crippen molar-refractivity contribution in [3.05, 3.63) is 0 Å². The second-order valence-electron chi connectivity index (χ2n) is 8.16.